The number of pyridine rings is 1. The van der Waals surface area contributed by atoms with Gasteiger partial charge in [-0.1, -0.05) is 24.3 Å². The molecule has 8 nitrogen and oxygen atoms in total. The van der Waals surface area contributed by atoms with E-state index in [1.54, 1.807) is 0 Å². The van der Waals surface area contributed by atoms with Gasteiger partial charge in [-0.2, -0.15) is 5.10 Å². The highest BCUT2D eigenvalue weighted by molar-refractivity contribution is 5.87. The zero-order valence-corrected chi connectivity index (χ0v) is 19.8. The summed E-state index contributed by atoms with van der Waals surface area (Å²) in [5.74, 6) is 1.76. The van der Waals surface area contributed by atoms with Gasteiger partial charge < -0.3 is 15.5 Å². The van der Waals surface area contributed by atoms with Crippen LogP contribution < -0.4 is 15.5 Å². The van der Waals surface area contributed by atoms with E-state index < -0.39 is 0 Å². The number of nitrogens with zero attached hydrogens (tertiary/aromatic N) is 6. The SMILES string of the molecule is N[C@H]1C[C@@H]2CC[C@H](CCc3ccccc31)N2c1cnc2c(N3CCCc4ncccc43)n[nH]c2n1. The summed E-state index contributed by atoms with van der Waals surface area (Å²) < 4.78 is 0. The van der Waals surface area contributed by atoms with Crippen LogP contribution >= 0.6 is 0 Å². The Balaban J connectivity index is 1.23. The molecule has 0 unspecified atom stereocenters. The molecule has 0 aliphatic carbocycles. The van der Waals surface area contributed by atoms with Crippen molar-refractivity contribution in [1.82, 2.24) is 25.1 Å². The number of hydrogen-bond acceptors (Lipinski definition) is 7. The summed E-state index contributed by atoms with van der Waals surface area (Å²) >= 11 is 0. The van der Waals surface area contributed by atoms with Gasteiger partial charge in [-0.05, 0) is 68.2 Å². The van der Waals surface area contributed by atoms with Gasteiger partial charge in [0.15, 0.2) is 17.0 Å². The minimum atomic E-state index is 0.0405. The number of anilines is 3. The molecule has 0 radical (unpaired) electrons. The zero-order valence-electron chi connectivity index (χ0n) is 19.8. The fourth-order valence-electron chi connectivity index (χ4n) is 6.42. The molecule has 3 aliphatic rings. The number of fused-ring (bicyclic) bond motifs is 5. The zero-order chi connectivity index (χ0) is 23.4. The lowest BCUT2D eigenvalue weighted by molar-refractivity contribution is 0.524. The van der Waals surface area contributed by atoms with E-state index in [-0.39, 0.29) is 6.04 Å². The molecule has 8 heteroatoms. The minimum absolute atomic E-state index is 0.0405. The van der Waals surface area contributed by atoms with Crippen molar-refractivity contribution in [3.63, 3.8) is 0 Å². The first-order valence-corrected chi connectivity index (χ1v) is 12.8. The van der Waals surface area contributed by atoms with Crippen LogP contribution in [-0.2, 0) is 12.8 Å². The van der Waals surface area contributed by atoms with E-state index in [1.807, 2.05) is 18.5 Å². The van der Waals surface area contributed by atoms with E-state index in [4.69, 9.17) is 15.7 Å². The Labute approximate surface area is 204 Å². The molecule has 0 saturated carbocycles. The first-order valence-electron chi connectivity index (χ1n) is 12.8. The molecule has 0 spiro atoms. The molecule has 0 amide bonds. The second-order valence-electron chi connectivity index (χ2n) is 10.1. The summed E-state index contributed by atoms with van der Waals surface area (Å²) in [5, 5.41) is 7.83. The summed E-state index contributed by atoms with van der Waals surface area (Å²) in [4.78, 5) is 19.2. The molecule has 3 N–H and O–H groups in total. The minimum Gasteiger partial charge on any atom is -0.349 e. The second kappa shape index (κ2) is 8.30. The van der Waals surface area contributed by atoms with Crippen molar-refractivity contribution in [2.45, 2.75) is 63.1 Å². The van der Waals surface area contributed by atoms with Gasteiger partial charge in [0.2, 0.25) is 0 Å². The number of aromatic amines is 1. The Morgan fingerprint density at radius 2 is 1.89 bits per heavy atom. The lowest BCUT2D eigenvalue weighted by Crippen LogP contribution is -2.38. The van der Waals surface area contributed by atoms with Crippen LogP contribution in [-0.4, -0.2) is 43.8 Å². The number of hydrogen-bond donors (Lipinski definition) is 2. The quantitative estimate of drug-likeness (QED) is 0.457. The third kappa shape index (κ3) is 3.46. The van der Waals surface area contributed by atoms with Crippen molar-refractivity contribution < 1.29 is 0 Å². The molecule has 35 heavy (non-hydrogen) atoms. The number of aromatic nitrogens is 5. The average Bonchev–Trinajstić information content (AvgIpc) is 3.51. The monoisotopic (exact) mass is 466 g/mol. The fraction of sp³-hybridized carbons (Fsp3) is 0.407. The molecule has 6 heterocycles. The largest absolute Gasteiger partial charge is 0.349 e. The van der Waals surface area contributed by atoms with Gasteiger partial charge in [-0.15, -0.1) is 0 Å². The van der Waals surface area contributed by atoms with Crippen molar-refractivity contribution in [3.05, 3.63) is 65.6 Å². The van der Waals surface area contributed by atoms with Gasteiger partial charge in [-0.3, -0.25) is 10.1 Å². The van der Waals surface area contributed by atoms with Gasteiger partial charge >= 0.3 is 0 Å². The summed E-state index contributed by atoms with van der Waals surface area (Å²) in [7, 11) is 0. The highest BCUT2D eigenvalue weighted by Gasteiger charge is 2.37. The predicted octanol–water partition coefficient (Wildman–Crippen LogP) is 4.21. The van der Waals surface area contributed by atoms with Gasteiger partial charge in [0.25, 0.3) is 0 Å². The van der Waals surface area contributed by atoms with Gasteiger partial charge in [0.05, 0.1) is 17.6 Å². The van der Waals surface area contributed by atoms with Gasteiger partial charge in [-0.25, -0.2) is 9.97 Å². The Kier molecular flexibility index (Phi) is 4.94. The van der Waals surface area contributed by atoms with E-state index in [0.29, 0.717) is 12.1 Å². The Bertz CT molecular complexity index is 1380. The normalized spacial score (nSPS) is 24.0. The number of benzene rings is 1. The lowest BCUT2D eigenvalue weighted by Gasteiger charge is -2.32. The molecule has 3 aliphatic heterocycles. The maximum Gasteiger partial charge on any atom is 0.183 e. The highest BCUT2D eigenvalue weighted by atomic mass is 15.3. The first-order chi connectivity index (χ1) is 17.3. The molecule has 7 rings (SSSR count). The molecule has 4 aromatic rings. The predicted molar refractivity (Wildman–Crippen MR) is 137 cm³/mol. The van der Waals surface area contributed by atoms with E-state index in [9.17, 15) is 0 Å². The molecule has 1 aromatic carbocycles. The summed E-state index contributed by atoms with van der Waals surface area (Å²) in [6, 6.07) is 13.6. The Hall–Kier alpha value is -3.52. The van der Waals surface area contributed by atoms with Crippen LogP contribution in [0, 0.1) is 0 Å². The standard InChI is InChI=1S/C27H30N8/c28-21-15-19-12-11-18(10-9-17-5-1-2-6-20(17)21)35(19)24-16-30-25-26(31-24)32-33-27(25)34-14-4-7-22-23(34)8-3-13-29-22/h1-3,5-6,8,13,16,18-19,21H,4,7,9-12,14-15,28H2,(H,31,32,33)/t18-,19-,21-/m0/s1. The van der Waals surface area contributed by atoms with Crippen LogP contribution in [0.25, 0.3) is 11.2 Å². The Morgan fingerprint density at radius 1 is 0.971 bits per heavy atom. The third-order valence-corrected chi connectivity index (χ3v) is 8.06. The van der Waals surface area contributed by atoms with Gasteiger partial charge in [0, 0.05) is 30.9 Å². The number of H-pyrrole nitrogens is 1. The van der Waals surface area contributed by atoms with Crippen molar-refractivity contribution in [1.29, 1.82) is 0 Å². The van der Waals surface area contributed by atoms with Crippen molar-refractivity contribution in [2.24, 2.45) is 5.73 Å². The molecule has 1 fully saturated rings. The third-order valence-electron chi connectivity index (χ3n) is 8.06. The molecule has 1 saturated heterocycles. The van der Waals surface area contributed by atoms with Crippen LogP contribution in [0.3, 0.4) is 0 Å². The lowest BCUT2D eigenvalue weighted by atomic mass is 9.91. The van der Waals surface area contributed by atoms with Gasteiger partial charge in [0.1, 0.15) is 5.82 Å². The summed E-state index contributed by atoms with van der Waals surface area (Å²) in [6.45, 7) is 0.900. The Morgan fingerprint density at radius 3 is 2.86 bits per heavy atom. The van der Waals surface area contributed by atoms with Crippen LogP contribution in [0.15, 0.2) is 48.8 Å². The van der Waals surface area contributed by atoms with E-state index in [2.05, 4.69) is 55.3 Å². The van der Waals surface area contributed by atoms with Crippen molar-refractivity contribution in [2.75, 3.05) is 16.3 Å². The topological polar surface area (TPSA) is 99.9 Å². The maximum atomic E-state index is 6.74. The van der Waals surface area contributed by atoms with Crippen LogP contribution in [0.1, 0.15) is 55.0 Å². The second-order valence-corrected chi connectivity index (χ2v) is 10.1. The van der Waals surface area contributed by atoms with Crippen LogP contribution in [0.2, 0.25) is 0 Å². The molecule has 3 atom stereocenters. The van der Waals surface area contributed by atoms with E-state index >= 15 is 0 Å². The molecule has 3 aromatic heterocycles. The van der Waals surface area contributed by atoms with Crippen molar-refractivity contribution >= 4 is 28.5 Å². The molecular formula is C27H30N8. The number of aryl methyl sites for hydroxylation is 2. The smallest absolute Gasteiger partial charge is 0.183 e. The molecule has 178 valence electrons. The molecule has 2 bridgehead atoms. The molecular weight excluding hydrogens is 436 g/mol. The van der Waals surface area contributed by atoms with Crippen LogP contribution in [0.4, 0.5) is 17.3 Å². The van der Waals surface area contributed by atoms with E-state index in [1.165, 1.54) is 17.5 Å². The first kappa shape index (κ1) is 20.8. The number of rotatable bonds is 2. The fourth-order valence-corrected chi connectivity index (χ4v) is 6.42. The number of nitrogens with one attached hydrogen (secondary N) is 1. The summed E-state index contributed by atoms with van der Waals surface area (Å²) in [6.07, 6.45) is 11.2. The van der Waals surface area contributed by atoms with E-state index in [0.717, 1.165) is 79.3 Å². The van der Waals surface area contributed by atoms with Crippen LogP contribution in [0.5, 0.6) is 0 Å². The summed E-state index contributed by atoms with van der Waals surface area (Å²) in [5.41, 5.74) is 13.2. The van der Waals surface area contributed by atoms with Crippen molar-refractivity contribution in [3.8, 4) is 0 Å². The average molecular weight is 467 g/mol. The highest BCUT2D eigenvalue weighted by Crippen LogP contribution is 2.39. The maximum absolute atomic E-state index is 6.74. The number of nitrogens with two attached hydrogens (primary N) is 1.